The summed E-state index contributed by atoms with van der Waals surface area (Å²) in [6.07, 6.45) is 0. The Bertz CT molecular complexity index is 592. The quantitative estimate of drug-likeness (QED) is 0.781. The van der Waals surface area contributed by atoms with Crippen molar-refractivity contribution >= 4 is 0 Å². The molecule has 0 saturated heterocycles. The van der Waals surface area contributed by atoms with Crippen molar-refractivity contribution in [2.45, 2.75) is 6.92 Å². The van der Waals surface area contributed by atoms with E-state index in [9.17, 15) is 0 Å². The Morgan fingerprint density at radius 3 is 2.31 bits per heavy atom. The number of hydrogen-bond acceptors (Lipinski definition) is 2. The first-order chi connectivity index (χ1) is 7.74. The van der Waals surface area contributed by atoms with Crippen LogP contribution < -0.4 is 0 Å². The van der Waals surface area contributed by atoms with Crippen molar-refractivity contribution in [3.05, 3.63) is 47.3 Å². The van der Waals surface area contributed by atoms with Gasteiger partial charge in [0, 0.05) is 11.3 Å². The van der Waals surface area contributed by atoms with Crippen LogP contribution in [0.15, 0.2) is 30.3 Å². The highest BCUT2D eigenvalue weighted by atomic mass is 14.7. The first-order valence-corrected chi connectivity index (χ1v) is 4.85. The Kier molecular flexibility index (Phi) is 2.45. The van der Waals surface area contributed by atoms with Crippen LogP contribution in [0.3, 0.4) is 0 Å². The van der Waals surface area contributed by atoms with Crippen LogP contribution in [0.2, 0.25) is 0 Å². The van der Waals surface area contributed by atoms with Gasteiger partial charge in [0.05, 0.1) is 11.6 Å². The monoisotopic (exact) mass is 207 g/mol. The molecule has 1 heterocycles. The third kappa shape index (κ3) is 1.67. The zero-order valence-corrected chi connectivity index (χ0v) is 8.78. The predicted octanol–water partition coefficient (Wildman–Crippen LogP) is 2.73. The molecule has 0 aliphatic heterocycles. The highest BCUT2D eigenvalue weighted by Gasteiger charge is 2.07. The molecular weight excluding hydrogens is 198 g/mol. The molecule has 1 aromatic heterocycles. The minimum atomic E-state index is 0.558. The van der Waals surface area contributed by atoms with Crippen LogP contribution in [0.25, 0.3) is 11.1 Å². The molecule has 0 amide bonds. The van der Waals surface area contributed by atoms with E-state index in [0.717, 1.165) is 16.8 Å². The lowest BCUT2D eigenvalue weighted by Crippen LogP contribution is -1.81. The number of benzene rings is 1. The van der Waals surface area contributed by atoms with Crippen molar-refractivity contribution in [2.24, 2.45) is 0 Å². The molecule has 16 heavy (non-hydrogen) atoms. The van der Waals surface area contributed by atoms with Crippen LogP contribution in [0.4, 0.5) is 0 Å². The number of H-pyrrole nitrogens is 1. The topological polar surface area (TPSA) is 63.4 Å². The number of aryl methyl sites for hydroxylation is 1. The number of aromatic amines is 1. The molecule has 76 valence electrons. The van der Waals surface area contributed by atoms with E-state index >= 15 is 0 Å². The summed E-state index contributed by atoms with van der Waals surface area (Å²) in [5.41, 5.74) is 3.96. The van der Waals surface area contributed by atoms with Gasteiger partial charge in [-0.25, -0.2) is 0 Å². The first kappa shape index (κ1) is 10.0. The molecule has 3 nitrogen and oxygen atoms in total. The highest BCUT2D eigenvalue weighted by molar-refractivity contribution is 5.70. The van der Waals surface area contributed by atoms with E-state index < -0.39 is 0 Å². The van der Waals surface area contributed by atoms with E-state index in [1.807, 2.05) is 25.1 Å². The fourth-order valence-electron chi connectivity index (χ4n) is 1.63. The van der Waals surface area contributed by atoms with Gasteiger partial charge in [0.25, 0.3) is 0 Å². The lowest BCUT2D eigenvalue weighted by atomic mass is 10.0. The predicted molar refractivity (Wildman–Crippen MR) is 60.4 cm³/mol. The Hall–Kier alpha value is -2.52. The standard InChI is InChI=1S/C13H9N3/c1-9-6-12(13(8-15)16-9)11-4-2-10(7-14)3-5-11/h2-6,16H,1H3. The zero-order chi connectivity index (χ0) is 11.5. The maximum atomic E-state index is 8.96. The van der Waals surface area contributed by atoms with Crippen molar-refractivity contribution < 1.29 is 0 Å². The number of rotatable bonds is 1. The van der Waals surface area contributed by atoms with E-state index in [-0.39, 0.29) is 0 Å². The van der Waals surface area contributed by atoms with Gasteiger partial charge in [0.15, 0.2) is 0 Å². The summed E-state index contributed by atoms with van der Waals surface area (Å²) in [6.45, 7) is 1.91. The molecule has 0 saturated carbocycles. The van der Waals surface area contributed by atoms with Crippen molar-refractivity contribution in [1.82, 2.24) is 4.98 Å². The van der Waals surface area contributed by atoms with E-state index in [1.165, 1.54) is 0 Å². The molecule has 0 aliphatic rings. The molecule has 1 N–H and O–H groups in total. The summed E-state index contributed by atoms with van der Waals surface area (Å²) in [7, 11) is 0. The molecule has 3 heteroatoms. The van der Waals surface area contributed by atoms with E-state index in [1.54, 1.807) is 12.1 Å². The van der Waals surface area contributed by atoms with Crippen LogP contribution in [0.5, 0.6) is 0 Å². The van der Waals surface area contributed by atoms with Gasteiger partial charge in [-0.05, 0) is 30.7 Å². The molecule has 0 bridgehead atoms. The Labute approximate surface area is 93.6 Å². The van der Waals surface area contributed by atoms with Gasteiger partial charge >= 0.3 is 0 Å². The van der Waals surface area contributed by atoms with Crippen molar-refractivity contribution in [1.29, 1.82) is 10.5 Å². The number of hydrogen-bond donors (Lipinski definition) is 1. The molecular formula is C13H9N3. The van der Waals surface area contributed by atoms with Gasteiger partial charge in [-0.2, -0.15) is 10.5 Å². The summed E-state index contributed by atoms with van der Waals surface area (Å²) >= 11 is 0. The summed E-state index contributed by atoms with van der Waals surface area (Å²) < 4.78 is 0. The lowest BCUT2D eigenvalue weighted by Gasteiger charge is -1.98. The number of nitrogens with zero attached hydrogens (tertiary/aromatic N) is 2. The van der Waals surface area contributed by atoms with E-state index in [0.29, 0.717) is 11.3 Å². The number of aromatic nitrogens is 1. The van der Waals surface area contributed by atoms with Gasteiger partial charge in [-0.15, -0.1) is 0 Å². The second-order valence-corrected chi connectivity index (χ2v) is 3.54. The van der Waals surface area contributed by atoms with Gasteiger partial charge in [0.2, 0.25) is 0 Å². The second-order valence-electron chi connectivity index (χ2n) is 3.54. The first-order valence-electron chi connectivity index (χ1n) is 4.85. The second kappa shape index (κ2) is 3.92. The fraction of sp³-hybridized carbons (Fsp3) is 0.0769. The van der Waals surface area contributed by atoms with Gasteiger partial charge in [-0.3, -0.25) is 0 Å². The molecule has 0 fully saturated rings. The molecule has 0 atom stereocenters. The molecule has 0 aliphatic carbocycles. The normalized spacial score (nSPS) is 9.44. The highest BCUT2D eigenvalue weighted by Crippen LogP contribution is 2.24. The molecule has 1 aromatic carbocycles. The molecule has 2 rings (SSSR count). The largest absolute Gasteiger partial charge is 0.350 e. The van der Waals surface area contributed by atoms with Crippen LogP contribution in [-0.2, 0) is 0 Å². The third-order valence-electron chi connectivity index (χ3n) is 2.39. The molecule has 2 aromatic rings. The molecule has 0 radical (unpaired) electrons. The average molecular weight is 207 g/mol. The summed E-state index contributed by atoms with van der Waals surface area (Å²) in [6, 6.07) is 13.3. The van der Waals surface area contributed by atoms with Crippen molar-refractivity contribution in [3.63, 3.8) is 0 Å². The number of nitriles is 2. The van der Waals surface area contributed by atoms with Gasteiger partial charge < -0.3 is 4.98 Å². The van der Waals surface area contributed by atoms with Crippen LogP contribution in [0.1, 0.15) is 17.0 Å². The Morgan fingerprint density at radius 1 is 1.06 bits per heavy atom. The summed E-state index contributed by atoms with van der Waals surface area (Å²) in [5, 5.41) is 17.7. The number of nitrogens with one attached hydrogen (secondary N) is 1. The fourth-order valence-corrected chi connectivity index (χ4v) is 1.63. The summed E-state index contributed by atoms with van der Waals surface area (Å²) in [4.78, 5) is 3.00. The minimum absolute atomic E-state index is 0.558. The van der Waals surface area contributed by atoms with Crippen molar-refractivity contribution in [3.8, 4) is 23.3 Å². The molecule has 0 spiro atoms. The van der Waals surface area contributed by atoms with Crippen molar-refractivity contribution in [2.75, 3.05) is 0 Å². The maximum absolute atomic E-state index is 8.96. The third-order valence-corrected chi connectivity index (χ3v) is 2.39. The Balaban J connectivity index is 2.51. The van der Waals surface area contributed by atoms with Gasteiger partial charge in [0.1, 0.15) is 11.8 Å². The van der Waals surface area contributed by atoms with Gasteiger partial charge in [-0.1, -0.05) is 12.1 Å². The smallest absolute Gasteiger partial charge is 0.125 e. The SMILES string of the molecule is Cc1cc(-c2ccc(C#N)cc2)c(C#N)[nH]1. The van der Waals surface area contributed by atoms with Crippen LogP contribution in [-0.4, -0.2) is 4.98 Å². The van der Waals surface area contributed by atoms with Crippen LogP contribution in [0, 0.1) is 29.6 Å². The Morgan fingerprint density at radius 2 is 1.75 bits per heavy atom. The maximum Gasteiger partial charge on any atom is 0.125 e. The zero-order valence-electron chi connectivity index (χ0n) is 8.78. The minimum Gasteiger partial charge on any atom is -0.350 e. The lowest BCUT2D eigenvalue weighted by molar-refractivity contribution is 1.23. The van der Waals surface area contributed by atoms with E-state index in [2.05, 4.69) is 17.1 Å². The van der Waals surface area contributed by atoms with Crippen LogP contribution >= 0.6 is 0 Å². The van der Waals surface area contributed by atoms with E-state index in [4.69, 9.17) is 10.5 Å². The molecule has 0 unspecified atom stereocenters. The summed E-state index contributed by atoms with van der Waals surface area (Å²) in [5.74, 6) is 0. The average Bonchev–Trinajstić information content (AvgIpc) is 2.70.